The minimum atomic E-state index is -1.07. The van der Waals surface area contributed by atoms with Crippen molar-refractivity contribution in [1.82, 2.24) is 10.5 Å². The Balaban J connectivity index is 1.65. The van der Waals surface area contributed by atoms with Gasteiger partial charge in [-0.25, -0.2) is 4.79 Å². The highest BCUT2D eigenvalue weighted by molar-refractivity contribution is 5.85. The van der Waals surface area contributed by atoms with Crippen LogP contribution in [0.2, 0.25) is 0 Å². The monoisotopic (exact) mass is 260 g/mol. The van der Waals surface area contributed by atoms with Gasteiger partial charge in [0.05, 0.1) is 6.54 Å². The van der Waals surface area contributed by atoms with Crippen LogP contribution in [0.4, 0.5) is 0 Å². The van der Waals surface area contributed by atoms with E-state index in [0.29, 0.717) is 12.3 Å². The number of rotatable bonds is 7. The maximum Gasteiger partial charge on any atom is 0.358 e. The van der Waals surface area contributed by atoms with Crippen LogP contribution in [0.5, 0.6) is 0 Å². The molecule has 5 nitrogen and oxygen atoms in total. The molecule has 0 aliphatic carbocycles. The van der Waals surface area contributed by atoms with Gasteiger partial charge in [-0.15, -0.1) is 0 Å². The number of aryl methyl sites for hydroxylation is 1. The highest BCUT2D eigenvalue weighted by Gasteiger charge is 2.09. The van der Waals surface area contributed by atoms with E-state index in [-0.39, 0.29) is 5.69 Å². The molecule has 19 heavy (non-hydrogen) atoms. The maximum absolute atomic E-state index is 10.6. The van der Waals surface area contributed by atoms with Crippen molar-refractivity contribution in [3.05, 3.63) is 53.4 Å². The van der Waals surface area contributed by atoms with Gasteiger partial charge in [0.2, 0.25) is 0 Å². The Bertz CT molecular complexity index is 522. The van der Waals surface area contributed by atoms with Crippen molar-refractivity contribution in [2.24, 2.45) is 0 Å². The number of benzene rings is 1. The lowest BCUT2D eigenvalue weighted by Crippen LogP contribution is -2.14. The normalized spacial score (nSPS) is 10.5. The fourth-order valence-corrected chi connectivity index (χ4v) is 1.77. The molecule has 0 amide bonds. The lowest BCUT2D eigenvalue weighted by molar-refractivity contribution is 0.0685. The number of hydrogen-bond acceptors (Lipinski definition) is 4. The van der Waals surface area contributed by atoms with Gasteiger partial charge in [-0.05, 0) is 24.9 Å². The Morgan fingerprint density at radius 1 is 1.32 bits per heavy atom. The molecule has 0 spiro atoms. The van der Waals surface area contributed by atoms with Gasteiger partial charge in [0.1, 0.15) is 0 Å². The number of carbonyl (C=O) groups is 1. The summed E-state index contributed by atoms with van der Waals surface area (Å²) in [5.74, 6) is -0.531. The van der Waals surface area contributed by atoms with Gasteiger partial charge in [0.15, 0.2) is 11.5 Å². The van der Waals surface area contributed by atoms with Crippen molar-refractivity contribution in [1.29, 1.82) is 0 Å². The van der Waals surface area contributed by atoms with Crippen LogP contribution < -0.4 is 5.32 Å². The molecule has 0 saturated carbocycles. The van der Waals surface area contributed by atoms with Gasteiger partial charge in [-0.3, -0.25) is 0 Å². The number of nitrogens with one attached hydrogen (secondary N) is 1. The summed E-state index contributed by atoms with van der Waals surface area (Å²) in [6.07, 6.45) is 2.04. The van der Waals surface area contributed by atoms with Crippen LogP contribution in [0.15, 0.2) is 40.9 Å². The number of carboxylic acid groups (broad SMARTS) is 1. The molecule has 1 aromatic carbocycles. The predicted octanol–water partition coefficient (Wildman–Crippen LogP) is 2.10. The zero-order chi connectivity index (χ0) is 13.5. The van der Waals surface area contributed by atoms with Crippen LogP contribution in [0.1, 0.15) is 28.2 Å². The highest BCUT2D eigenvalue weighted by Crippen LogP contribution is 2.04. The molecular weight excluding hydrogens is 244 g/mol. The molecule has 100 valence electrons. The molecular formula is C14H16N2O3. The lowest BCUT2D eigenvalue weighted by Gasteiger charge is -2.02. The number of aromatic nitrogens is 1. The molecule has 0 unspecified atom stereocenters. The zero-order valence-electron chi connectivity index (χ0n) is 10.5. The van der Waals surface area contributed by atoms with Crippen LogP contribution in [0, 0.1) is 0 Å². The quantitative estimate of drug-likeness (QED) is 0.746. The molecule has 0 saturated heterocycles. The molecule has 2 N–H and O–H groups in total. The third kappa shape index (κ3) is 4.22. The van der Waals surface area contributed by atoms with E-state index in [0.717, 1.165) is 19.4 Å². The summed E-state index contributed by atoms with van der Waals surface area (Å²) in [6.45, 7) is 1.34. The van der Waals surface area contributed by atoms with Crippen molar-refractivity contribution in [2.45, 2.75) is 19.4 Å². The molecule has 1 aromatic heterocycles. The number of nitrogens with zero attached hydrogens (tertiary/aromatic N) is 1. The van der Waals surface area contributed by atoms with Crippen molar-refractivity contribution in [2.75, 3.05) is 6.54 Å². The SMILES string of the molecule is O=C(O)c1cc(CNCCCc2ccccc2)on1. The van der Waals surface area contributed by atoms with E-state index >= 15 is 0 Å². The Kier molecular flexibility index (Phi) is 4.69. The van der Waals surface area contributed by atoms with E-state index in [1.807, 2.05) is 18.2 Å². The minimum absolute atomic E-state index is 0.0546. The van der Waals surface area contributed by atoms with Crippen LogP contribution >= 0.6 is 0 Å². The van der Waals surface area contributed by atoms with Gasteiger partial charge in [-0.1, -0.05) is 35.5 Å². The topological polar surface area (TPSA) is 75.4 Å². The molecule has 2 aromatic rings. The number of hydrogen-bond donors (Lipinski definition) is 2. The largest absolute Gasteiger partial charge is 0.476 e. The Labute approximate surface area is 111 Å². The van der Waals surface area contributed by atoms with Crippen LogP contribution in [-0.4, -0.2) is 22.8 Å². The lowest BCUT2D eigenvalue weighted by atomic mass is 10.1. The average Bonchev–Trinajstić information content (AvgIpc) is 2.89. The van der Waals surface area contributed by atoms with Gasteiger partial charge in [-0.2, -0.15) is 0 Å². The summed E-state index contributed by atoms with van der Waals surface area (Å²) in [5.41, 5.74) is 1.26. The Morgan fingerprint density at radius 2 is 2.11 bits per heavy atom. The fourth-order valence-electron chi connectivity index (χ4n) is 1.77. The van der Waals surface area contributed by atoms with Crippen molar-refractivity contribution in [3.8, 4) is 0 Å². The van der Waals surface area contributed by atoms with Crippen molar-refractivity contribution in [3.63, 3.8) is 0 Å². The number of carboxylic acids is 1. The molecule has 0 aliphatic rings. The summed E-state index contributed by atoms with van der Waals surface area (Å²) in [6, 6.07) is 11.7. The van der Waals surface area contributed by atoms with E-state index in [2.05, 4.69) is 22.6 Å². The molecule has 0 radical (unpaired) electrons. The number of aromatic carboxylic acids is 1. The predicted molar refractivity (Wildman–Crippen MR) is 69.9 cm³/mol. The average molecular weight is 260 g/mol. The smallest absolute Gasteiger partial charge is 0.358 e. The fraction of sp³-hybridized carbons (Fsp3) is 0.286. The third-order valence-electron chi connectivity index (χ3n) is 2.74. The summed E-state index contributed by atoms with van der Waals surface area (Å²) in [4.78, 5) is 10.6. The molecule has 0 aliphatic heterocycles. The second-order valence-corrected chi connectivity index (χ2v) is 4.25. The molecule has 0 bridgehead atoms. The Hall–Kier alpha value is -2.14. The van der Waals surface area contributed by atoms with Crippen LogP contribution in [0.3, 0.4) is 0 Å². The molecule has 0 atom stereocenters. The van der Waals surface area contributed by atoms with E-state index in [9.17, 15) is 4.79 Å². The first-order chi connectivity index (χ1) is 9.25. The molecule has 1 heterocycles. The maximum atomic E-state index is 10.6. The van der Waals surface area contributed by atoms with E-state index in [4.69, 9.17) is 9.63 Å². The van der Waals surface area contributed by atoms with Crippen molar-refractivity contribution < 1.29 is 14.4 Å². The first kappa shape index (κ1) is 13.3. The van der Waals surface area contributed by atoms with E-state index < -0.39 is 5.97 Å². The van der Waals surface area contributed by atoms with E-state index in [1.54, 1.807) is 0 Å². The van der Waals surface area contributed by atoms with Gasteiger partial charge < -0.3 is 14.9 Å². The zero-order valence-corrected chi connectivity index (χ0v) is 10.5. The summed E-state index contributed by atoms with van der Waals surface area (Å²) in [5, 5.41) is 15.3. The summed E-state index contributed by atoms with van der Waals surface area (Å²) in [7, 11) is 0. The van der Waals surface area contributed by atoms with Crippen LogP contribution in [-0.2, 0) is 13.0 Å². The summed E-state index contributed by atoms with van der Waals surface area (Å²) >= 11 is 0. The van der Waals surface area contributed by atoms with Gasteiger partial charge >= 0.3 is 5.97 Å². The molecule has 5 heteroatoms. The van der Waals surface area contributed by atoms with Gasteiger partial charge in [0.25, 0.3) is 0 Å². The van der Waals surface area contributed by atoms with E-state index in [1.165, 1.54) is 11.6 Å². The second kappa shape index (κ2) is 6.70. The molecule has 2 rings (SSSR count). The Morgan fingerprint density at radius 3 is 2.79 bits per heavy atom. The minimum Gasteiger partial charge on any atom is -0.476 e. The van der Waals surface area contributed by atoms with Crippen molar-refractivity contribution >= 4 is 5.97 Å². The standard InChI is InChI=1S/C14H16N2O3/c17-14(18)13-9-12(19-16-13)10-15-8-4-7-11-5-2-1-3-6-11/h1-3,5-6,9,15H,4,7-8,10H2,(H,17,18). The first-order valence-electron chi connectivity index (χ1n) is 6.19. The van der Waals surface area contributed by atoms with Crippen LogP contribution in [0.25, 0.3) is 0 Å². The molecule has 0 fully saturated rings. The first-order valence-corrected chi connectivity index (χ1v) is 6.19. The third-order valence-corrected chi connectivity index (χ3v) is 2.74. The second-order valence-electron chi connectivity index (χ2n) is 4.25. The highest BCUT2D eigenvalue weighted by atomic mass is 16.5. The summed E-state index contributed by atoms with van der Waals surface area (Å²) < 4.78 is 4.90. The van der Waals surface area contributed by atoms with Gasteiger partial charge in [0, 0.05) is 6.07 Å².